The molecule has 0 spiro atoms. The lowest BCUT2D eigenvalue weighted by atomic mass is 10.3. The van der Waals surface area contributed by atoms with E-state index in [1.165, 1.54) is 24.6 Å². The van der Waals surface area contributed by atoms with E-state index >= 15 is 0 Å². The van der Waals surface area contributed by atoms with Gasteiger partial charge in [-0.1, -0.05) is 42.8 Å². The summed E-state index contributed by atoms with van der Waals surface area (Å²) >= 11 is 1.36. The Hall–Kier alpha value is -3.07. The topological polar surface area (TPSA) is 97.4 Å². The molecule has 1 heterocycles. The van der Waals surface area contributed by atoms with E-state index in [1.54, 1.807) is 0 Å². The van der Waals surface area contributed by atoms with E-state index in [2.05, 4.69) is 31.1 Å². The van der Waals surface area contributed by atoms with Crippen molar-refractivity contribution in [1.82, 2.24) is 20.2 Å². The average Bonchev–Trinajstić information content (AvgIpc) is 3.44. The Labute approximate surface area is 172 Å². The van der Waals surface area contributed by atoms with Crippen LogP contribution in [-0.2, 0) is 4.79 Å². The highest BCUT2D eigenvalue weighted by molar-refractivity contribution is 7.99. The number of azo groups is 1. The van der Waals surface area contributed by atoms with Crippen molar-refractivity contribution in [2.45, 2.75) is 36.9 Å². The maximum atomic E-state index is 12.3. The summed E-state index contributed by atoms with van der Waals surface area (Å²) in [7, 11) is 0. The lowest BCUT2D eigenvalue weighted by molar-refractivity contribution is -0.113. The predicted molar refractivity (Wildman–Crippen MR) is 112 cm³/mol. The van der Waals surface area contributed by atoms with Gasteiger partial charge >= 0.3 is 0 Å². The van der Waals surface area contributed by atoms with Crippen molar-refractivity contribution in [3.8, 4) is 0 Å². The Morgan fingerprint density at radius 2 is 1.72 bits per heavy atom. The number of aromatic nitrogens is 4. The van der Waals surface area contributed by atoms with Crippen molar-refractivity contribution in [1.29, 1.82) is 0 Å². The lowest BCUT2D eigenvalue weighted by Gasteiger charge is -2.10. The van der Waals surface area contributed by atoms with Crippen LogP contribution in [0, 0.1) is 0 Å². The zero-order valence-corrected chi connectivity index (χ0v) is 16.6. The Kier molecular flexibility index (Phi) is 6.25. The number of tetrazole rings is 1. The van der Waals surface area contributed by atoms with Crippen LogP contribution >= 0.6 is 11.8 Å². The summed E-state index contributed by atoms with van der Waals surface area (Å²) in [5.41, 5.74) is 2.23. The van der Waals surface area contributed by atoms with Crippen LogP contribution in [0.5, 0.6) is 0 Å². The molecule has 2 aromatic carbocycles. The SMILES string of the molecule is O=C(CSc1nnnn1C1CCCC1)Nc1ccc(N=Nc2ccccc2)cc1. The normalized spacial score (nSPS) is 14.5. The predicted octanol–water partition coefficient (Wildman–Crippen LogP) is 4.93. The van der Waals surface area contributed by atoms with Crippen molar-refractivity contribution in [3.63, 3.8) is 0 Å². The molecule has 1 aliphatic carbocycles. The third-order valence-electron chi connectivity index (χ3n) is 4.65. The molecular formula is C20H21N7OS. The summed E-state index contributed by atoms with van der Waals surface area (Å²) in [6.45, 7) is 0. The summed E-state index contributed by atoms with van der Waals surface area (Å²) in [6, 6.07) is 17.1. The van der Waals surface area contributed by atoms with Crippen molar-refractivity contribution in [2.75, 3.05) is 11.1 Å². The van der Waals surface area contributed by atoms with Gasteiger partial charge in [0.2, 0.25) is 11.1 Å². The van der Waals surface area contributed by atoms with Gasteiger partial charge in [0.25, 0.3) is 0 Å². The number of thioether (sulfide) groups is 1. The van der Waals surface area contributed by atoms with E-state index in [4.69, 9.17) is 0 Å². The Morgan fingerprint density at radius 1 is 1.03 bits per heavy atom. The quantitative estimate of drug-likeness (QED) is 0.442. The molecule has 0 bridgehead atoms. The summed E-state index contributed by atoms with van der Waals surface area (Å²) < 4.78 is 1.86. The van der Waals surface area contributed by atoms with E-state index in [0.717, 1.165) is 24.2 Å². The van der Waals surface area contributed by atoms with E-state index < -0.39 is 0 Å². The molecule has 0 radical (unpaired) electrons. The van der Waals surface area contributed by atoms with E-state index in [9.17, 15) is 4.79 Å². The number of carbonyl (C=O) groups is 1. The van der Waals surface area contributed by atoms with Crippen molar-refractivity contribution >= 4 is 34.7 Å². The number of nitrogens with one attached hydrogen (secondary N) is 1. The van der Waals surface area contributed by atoms with Crippen LogP contribution in [0.3, 0.4) is 0 Å². The second-order valence-corrected chi connectivity index (χ2v) is 7.71. The molecule has 8 nitrogen and oxygen atoms in total. The zero-order chi connectivity index (χ0) is 19.9. The minimum Gasteiger partial charge on any atom is -0.325 e. The van der Waals surface area contributed by atoms with Gasteiger partial charge in [0.1, 0.15) is 0 Å². The molecule has 0 atom stereocenters. The fourth-order valence-electron chi connectivity index (χ4n) is 3.21. The summed E-state index contributed by atoms with van der Waals surface area (Å²) in [4.78, 5) is 12.3. The first-order valence-electron chi connectivity index (χ1n) is 9.55. The molecule has 1 aliphatic rings. The fraction of sp³-hybridized carbons (Fsp3) is 0.300. The molecule has 1 amide bonds. The van der Waals surface area contributed by atoms with E-state index in [0.29, 0.717) is 16.9 Å². The number of anilines is 1. The summed E-state index contributed by atoms with van der Waals surface area (Å²) in [6.07, 6.45) is 4.60. The first-order valence-corrected chi connectivity index (χ1v) is 10.5. The summed E-state index contributed by atoms with van der Waals surface area (Å²) in [5.74, 6) is 0.150. The van der Waals surface area contributed by atoms with E-state index in [-0.39, 0.29) is 11.7 Å². The molecule has 3 aromatic rings. The van der Waals surface area contributed by atoms with Crippen LogP contribution in [0.1, 0.15) is 31.7 Å². The highest BCUT2D eigenvalue weighted by Crippen LogP contribution is 2.31. The number of rotatable bonds is 7. The molecule has 0 saturated heterocycles. The first kappa shape index (κ1) is 19.3. The van der Waals surface area contributed by atoms with Crippen molar-refractivity contribution < 1.29 is 4.79 Å². The molecule has 1 fully saturated rings. The number of carbonyl (C=O) groups excluding carboxylic acids is 1. The maximum absolute atomic E-state index is 12.3. The van der Waals surface area contributed by atoms with Crippen LogP contribution < -0.4 is 5.32 Å². The molecule has 4 rings (SSSR count). The molecule has 9 heteroatoms. The minimum atomic E-state index is -0.102. The maximum Gasteiger partial charge on any atom is 0.234 e. The smallest absolute Gasteiger partial charge is 0.234 e. The largest absolute Gasteiger partial charge is 0.325 e. The summed E-state index contributed by atoms with van der Waals surface area (Å²) in [5, 5.41) is 23.9. The number of benzene rings is 2. The van der Waals surface area contributed by atoms with Gasteiger partial charge in [-0.15, -0.1) is 5.10 Å². The molecular weight excluding hydrogens is 386 g/mol. The number of nitrogens with zero attached hydrogens (tertiary/aromatic N) is 6. The van der Waals surface area contributed by atoms with Crippen LogP contribution in [-0.4, -0.2) is 31.9 Å². The van der Waals surface area contributed by atoms with Gasteiger partial charge in [0.05, 0.1) is 23.2 Å². The van der Waals surface area contributed by atoms with Gasteiger partial charge in [-0.2, -0.15) is 10.2 Å². The Bertz CT molecular complexity index is 966. The zero-order valence-electron chi connectivity index (χ0n) is 15.8. The minimum absolute atomic E-state index is 0.102. The first-order chi connectivity index (χ1) is 14.3. The third kappa shape index (κ3) is 5.26. The Balaban J connectivity index is 1.29. The van der Waals surface area contributed by atoms with Crippen LogP contribution in [0.2, 0.25) is 0 Å². The fourth-order valence-corrected chi connectivity index (χ4v) is 3.95. The highest BCUT2D eigenvalue weighted by Gasteiger charge is 2.22. The highest BCUT2D eigenvalue weighted by atomic mass is 32.2. The molecule has 1 aromatic heterocycles. The number of hydrogen-bond donors (Lipinski definition) is 1. The number of amides is 1. The van der Waals surface area contributed by atoms with Crippen molar-refractivity contribution in [3.05, 3.63) is 54.6 Å². The third-order valence-corrected chi connectivity index (χ3v) is 5.59. The van der Waals surface area contributed by atoms with Crippen LogP contribution in [0.15, 0.2) is 70.0 Å². The molecule has 1 saturated carbocycles. The standard InChI is InChI=1S/C20H21N7OS/c28-19(14-29-20-24-25-26-27(20)18-8-4-5-9-18)21-15-10-12-17(13-11-15)23-22-16-6-2-1-3-7-16/h1-3,6-7,10-13,18H,4-5,8-9,14H2,(H,21,28). The average molecular weight is 408 g/mol. The number of hydrogen-bond acceptors (Lipinski definition) is 7. The van der Waals surface area contributed by atoms with Gasteiger partial charge in [-0.3, -0.25) is 4.79 Å². The van der Waals surface area contributed by atoms with Crippen LogP contribution in [0.4, 0.5) is 17.1 Å². The molecule has 148 valence electrons. The van der Waals surface area contributed by atoms with E-state index in [1.807, 2.05) is 59.3 Å². The molecule has 29 heavy (non-hydrogen) atoms. The van der Waals surface area contributed by atoms with Gasteiger partial charge in [0, 0.05) is 5.69 Å². The molecule has 1 N–H and O–H groups in total. The lowest BCUT2D eigenvalue weighted by Crippen LogP contribution is -2.15. The van der Waals surface area contributed by atoms with Crippen molar-refractivity contribution in [2.24, 2.45) is 10.2 Å². The monoisotopic (exact) mass is 407 g/mol. The molecule has 0 aliphatic heterocycles. The second-order valence-electron chi connectivity index (χ2n) is 6.76. The van der Waals surface area contributed by atoms with Crippen LogP contribution in [0.25, 0.3) is 0 Å². The second kappa shape index (κ2) is 9.42. The Morgan fingerprint density at radius 3 is 2.45 bits per heavy atom. The van der Waals surface area contributed by atoms with Gasteiger partial charge in [0.15, 0.2) is 0 Å². The van der Waals surface area contributed by atoms with Gasteiger partial charge < -0.3 is 5.32 Å². The van der Waals surface area contributed by atoms with Gasteiger partial charge in [-0.25, -0.2) is 4.68 Å². The van der Waals surface area contributed by atoms with Gasteiger partial charge in [-0.05, 0) is 59.7 Å². The molecule has 0 unspecified atom stereocenters.